The predicted octanol–water partition coefficient (Wildman–Crippen LogP) is 3.57. The number of carbonyl (C=O) groups excluding carboxylic acids is 1. The molecule has 25 heavy (non-hydrogen) atoms. The average molecular weight is 354 g/mol. The van der Waals surface area contributed by atoms with Crippen molar-refractivity contribution in [2.75, 3.05) is 31.2 Å². The lowest BCUT2D eigenvalue weighted by molar-refractivity contribution is -0.115. The van der Waals surface area contributed by atoms with Crippen LogP contribution in [0.1, 0.15) is 12.5 Å². The summed E-state index contributed by atoms with van der Waals surface area (Å²) < 4.78 is 5.38. The summed E-state index contributed by atoms with van der Waals surface area (Å²) in [5.74, 6) is -0.0147. The Kier molecular flexibility index (Phi) is 5.79. The third kappa shape index (κ3) is 4.44. The number of rotatable bonds is 4. The van der Waals surface area contributed by atoms with E-state index in [2.05, 4.69) is 11.0 Å². The van der Waals surface area contributed by atoms with Gasteiger partial charge in [-0.2, -0.15) is 0 Å². The highest BCUT2D eigenvalue weighted by Gasteiger charge is 2.16. The van der Waals surface area contributed by atoms with Gasteiger partial charge in [-0.15, -0.1) is 0 Å². The summed E-state index contributed by atoms with van der Waals surface area (Å²) in [6.45, 7) is 4.74. The summed E-state index contributed by atoms with van der Waals surface area (Å²) in [6, 6.07) is 17.7. The van der Waals surface area contributed by atoms with Gasteiger partial charge in [0.15, 0.2) is 0 Å². The van der Waals surface area contributed by atoms with Crippen LogP contribution in [-0.4, -0.2) is 42.1 Å². The second-order valence-corrected chi connectivity index (χ2v) is 6.50. The minimum absolute atomic E-state index is 0.0147. The van der Waals surface area contributed by atoms with Gasteiger partial charge in [-0.25, -0.2) is 0 Å². The number of hydrogen-bond acceptors (Lipinski definition) is 3. The molecular weight excluding hydrogens is 332 g/mol. The number of nitrogens with zero attached hydrogens (tertiary/aromatic N) is 2. The third-order valence-corrected chi connectivity index (χ3v) is 4.62. The van der Waals surface area contributed by atoms with Crippen molar-refractivity contribution in [3.05, 3.63) is 60.2 Å². The third-order valence-electron chi connectivity index (χ3n) is 4.22. The van der Waals surface area contributed by atoms with Crippen molar-refractivity contribution in [2.24, 2.45) is 0 Å². The lowest BCUT2D eigenvalue weighted by atomic mass is 10.1. The molecule has 1 amide bonds. The van der Waals surface area contributed by atoms with Crippen molar-refractivity contribution in [3.8, 4) is 0 Å². The van der Waals surface area contributed by atoms with Crippen LogP contribution in [0.3, 0.4) is 0 Å². The van der Waals surface area contributed by atoms with E-state index in [1.807, 2.05) is 48.5 Å². The second kappa shape index (κ2) is 8.23. The molecule has 1 aliphatic rings. The summed E-state index contributed by atoms with van der Waals surface area (Å²) in [7, 11) is 0. The van der Waals surface area contributed by atoms with Crippen LogP contribution in [0.15, 0.2) is 54.6 Å². The molecule has 0 spiro atoms. The fourth-order valence-electron chi connectivity index (χ4n) is 2.99. The molecule has 0 bridgehead atoms. The topological polar surface area (TPSA) is 32.8 Å². The van der Waals surface area contributed by atoms with E-state index in [0.717, 1.165) is 48.2 Å². The van der Waals surface area contributed by atoms with Crippen LogP contribution in [0.25, 0.3) is 0 Å². The van der Waals surface area contributed by atoms with Gasteiger partial charge in [0.25, 0.3) is 0 Å². The molecule has 0 N–H and O–H groups in total. The average Bonchev–Trinajstić information content (AvgIpc) is 2.63. The lowest BCUT2D eigenvalue weighted by Crippen LogP contribution is -2.40. The summed E-state index contributed by atoms with van der Waals surface area (Å²) >= 11 is 5.60. The number of benzene rings is 2. The molecule has 1 heterocycles. The summed E-state index contributed by atoms with van der Waals surface area (Å²) in [4.78, 5) is 17.1. The van der Waals surface area contributed by atoms with E-state index in [1.54, 1.807) is 11.8 Å². The lowest BCUT2D eigenvalue weighted by Gasteiger charge is -2.29. The van der Waals surface area contributed by atoms with Gasteiger partial charge in [0, 0.05) is 37.8 Å². The van der Waals surface area contributed by atoms with Crippen molar-refractivity contribution in [2.45, 2.75) is 13.3 Å². The van der Waals surface area contributed by atoms with E-state index in [9.17, 15) is 4.79 Å². The fraction of sp³-hybridized carbons (Fsp3) is 0.300. The number of anilines is 2. The van der Waals surface area contributed by atoms with E-state index in [1.165, 1.54) is 0 Å². The van der Waals surface area contributed by atoms with Gasteiger partial charge in [-0.05, 0) is 29.8 Å². The number of ether oxygens (including phenoxy) is 1. The predicted molar refractivity (Wildman–Crippen MR) is 104 cm³/mol. The molecule has 1 aliphatic heterocycles. The largest absolute Gasteiger partial charge is 0.378 e. The second-order valence-electron chi connectivity index (χ2n) is 6.03. The van der Waals surface area contributed by atoms with Crippen molar-refractivity contribution >= 4 is 34.5 Å². The Bertz CT molecular complexity index is 742. The SMILES string of the molecule is CC(=O)N(c1ccccc1)c1cccc(CC(=S)N2CCOCC2)c1. The van der Waals surface area contributed by atoms with E-state index < -0.39 is 0 Å². The number of morpholine rings is 1. The van der Waals surface area contributed by atoms with Crippen LogP contribution < -0.4 is 4.90 Å². The molecule has 0 unspecified atom stereocenters. The molecule has 5 heteroatoms. The zero-order chi connectivity index (χ0) is 17.6. The van der Waals surface area contributed by atoms with Crippen molar-refractivity contribution < 1.29 is 9.53 Å². The van der Waals surface area contributed by atoms with Crippen molar-refractivity contribution in [3.63, 3.8) is 0 Å². The monoisotopic (exact) mass is 354 g/mol. The van der Waals surface area contributed by atoms with Gasteiger partial charge in [0.05, 0.1) is 18.2 Å². The molecule has 0 saturated carbocycles. The van der Waals surface area contributed by atoms with Crippen LogP contribution in [0.5, 0.6) is 0 Å². The molecule has 1 saturated heterocycles. The molecule has 2 aromatic carbocycles. The Balaban J connectivity index is 1.80. The van der Waals surface area contributed by atoms with Gasteiger partial charge in [0.1, 0.15) is 0 Å². The van der Waals surface area contributed by atoms with Gasteiger partial charge in [-0.1, -0.05) is 42.5 Å². The zero-order valence-corrected chi connectivity index (χ0v) is 15.2. The quantitative estimate of drug-likeness (QED) is 0.786. The number of thiocarbonyl (C=S) groups is 1. The fourth-order valence-corrected chi connectivity index (χ4v) is 3.34. The molecule has 130 valence electrons. The Morgan fingerprint density at radius 3 is 2.44 bits per heavy atom. The molecule has 0 aromatic heterocycles. The first-order valence-corrected chi connectivity index (χ1v) is 8.86. The maximum absolute atomic E-state index is 12.2. The van der Waals surface area contributed by atoms with Gasteiger partial charge < -0.3 is 9.64 Å². The molecule has 1 fully saturated rings. The highest BCUT2D eigenvalue weighted by molar-refractivity contribution is 7.80. The first kappa shape index (κ1) is 17.6. The van der Waals surface area contributed by atoms with Crippen LogP contribution in [-0.2, 0) is 16.0 Å². The number of carbonyl (C=O) groups is 1. The van der Waals surface area contributed by atoms with Gasteiger partial charge in [-0.3, -0.25) is 9.69 Å². The van der Waals surface area contributed by atoms with Gasteiger partial charge in [0.2, 0.25) is 5.91 Å². The summed E-state index contributed by atoms with van der Waals surface area (Å²) in [5.41, 5.74) is 2.83. The van der Waals surface area contributed by atoms with Crippen molar-refractivity contribution in [1.82, 2.24) is 4.90 Å². The van der Waals surface area contributed by atoms with Crippen molar-refractivity contribution in [1.29, 1.82) is 0 Å². The zero-order valence-electron chi connectivity index (χ0n) is 14.4. The van der Waals surface area contributed by atoms with E-state index in [-0.39, 0.29) is 5.91 Å². The van der Waals surface area contributed by atoms with E-state index in [0.29, 0.717) is 6.42 Å². The van der Waals surface area contributed by atoms with Crippen LogP contribution in [0.4, 0.5) is 11.4 Å². The number of hydrogen-bond donors (Lipinski definition) is 0. The highest BCUT2D eigenvalue weighted by Crippen LogP contribution is 2.26. The highest BCUT2D eigenvalue weighted by atomic mass is 32.1. The Labute approximate surface area is 154 Å². The standard InChI is InChI=1S/C20H22N2O2S/c1-16(23)22(18-7-3-2-4-8-18)19-9-5-6-17(14-19)15-20(25)21-10-12-24-13-11-21/h2-9,14H,10-13,15H2,1H3. The minimum Gasteiger partial charge on any atom is -0.378 e. The molecule has 3 rings (SSSR count). The first-order chi connectivity index (χ1) is 12.1. The smallest absolute Gasteiger partial charge is 0.228 e. The van der Waals surface area contributed by atoms with E-state index >= 15 is 0 Å². The first-order valence-electron chi connectivity index (χ1n) is 8.45. The molecule has 0 aliphatic carbocycles. The number of amides is 1. The maximum Gasteiger partial charge on any atom is 0.228 e. The molecule has 0 radical (unpaired) electrons. The Morgan fingerprint density at radius 1 is 1.08 bits per heavy atom. The molecule has 2 aromatic rings. The minimum atomic E-state index is -0.0147. The van der Waals surface area contributed by atoms with Crippen LogP contribution in [0.2, 0.25) is 0 Å². The molecular formula is C20H22N2O2S. The molecule has 0 atom stereocenters. The van der Waals surface area contributed by atoms with Crippen LogP contribution in [0, 0.1) is 0 Å². The number of para-hydroxylation sites is 1. The molecule has 4 nitrogen and oxygen atoms in total. The Hall–Kier alpha value is -2.24. The van der Waals surface area contributed by atoms with Crippen LogP contribution >= 0.6 is 12.2 Å². The summed E-state index contributed by atoms with van der Waals surface area (Å²) in [6.07, 6.45) is 0.698. The van der Waals surface area contributed by atoms with Gasteiger partial charge >= 0.3 is 0 Å². The maximum atomic E-state index is 12.2. The Morgan fingerprint density at radius 2 is 1.76 bits per heavy atom. The normalized spacial score (nSPS) is 14.2. The summed E-state index contributed by atoms with van der Waals surface area (Å²) in [5, 5.41) is 0. The van der Waals surface area contributed by atoms with E-state index in [4.69, 9.17) is 17.0 Å².